The van der Waals surface area contributed by atoms with E-state index >= 15 is 0 Å². The minimum Gasteiger partial charge on any atom is -0.508 e. The summed E-state index contributed by atoms with van der Waals surface area (Å²) < 4.78 is 5.44. The summed E-state index contributed by atoms with van der Waals surface area (Å²) >= 11 is 0. The predicted molar refractivity (Wildman–Crippen MR) is 76.6 cm³/mol. The molecule has 108 valence electrons. The predicted octanol–water partition coefficient (Wildman–Crippen LogP) is 2.08. The van der Waals surface area contributed by atoms with Crippen LogP contribution in [0.1, 0.15) is 17.4 Å². The maximum atomic E-state index is 9.72. The van der Waals surface area contributed by atoms with Crippen LogP contribution in [0, 0.1) is 0 Å². The van der Waals surface area contributed by atoms with Gasteiger partial charge < -0.3 is 19.9 Å². The highest BCUT2D eigenvalue weighted by Gasteiger charge is 2.16. The molecule has 5 nitrogen and oxygen atoms in total. The Morgan fingerprint density at radius 1 is 1.25 bits per heavy atom. The van der Waals surface area contributed by atoms with Crippen LogP contribution >= 0.6 is 0 Å². The second kappa shape index (κ2) is 6.45. The minimum absolute atomic E-state index is 0.0630. The van der Waals surface area contributed by atoms with E-state index in [0.717, 1.165) is 11.3 Å². The van der Waals surface area contributed by atoms with Gasteiger partial charge in [-0.15, -0.1) is 0 Å². The molecule has 0 bridgehead atoms. The molecule has 20 heavy (non-hydrogen) atoms. The Morgan fingerprint density at radius 3 is 2.65 bits per heavy atom. The zero-order valence-electron chi connectivity index (χ0n) is 11.7. The van der Waals surface area contributed by atoms with Crippen LogP contribution in [-0.2, 0) is 6.54 Å². The van der Waals surface area contributed by atoms with Gasteiger partial charge in [-0.3, -0.25) is 4.90 Å². The number of nitrogens with zero attached hydrogens (tertiary/aromatic N) is 1. The zero-order chi connectivity index (χ0) is 14.5. The molecule has 1 unspecified atom stereocenters. The molecule has 1 atom stereocenters. The van der Waals surface area contributed by atoms with Crippen molar-refractivity contribution >= 4 is 0 Å². The van der Waals surface area contributed by atoms with Crippen LogP contribution in [0.5, 0.6) is 11.5 Å². The smallest absolute Gasteiger partial charge is 0.123 e. The first-order chi connectivity index (χ1) is 9.58. The first-order valence-electron chi connectivity index (χ1n) is 6.49. The molecular weight excluding hydrogens is 256 g/mol. The Balaban J connectivity index is 1.94. The van der Waals surface area contributed by atoms with Gasteiger partial charge in [-0.25, -0.2) is 0 Å². The first kappa shape index (κ1) is 14.4. The normalized spacial score (nSPS) is 12.8. The van der Waals surface area contributed by atoms with Crippen molar-refractivity contribution < 1.29 is 14.6 Å². The third-order valence-corrected chi connectivity index (χ3v) is 3.22. The van der Waals surface area contributed by atoms with Crippen molar-refractivity contribution in [2.45, 2.75) is 12.6 Å². The number of aromatic hydroxyl groups is 2. The van der Waals surface area contributed by atoms with Crippen molar-refractivity contribution in [1.82, 2.24) is 10.2 Å². The second-order valence-corrected chi connectivity index (χ2v) is 4.94. The molecular formula is C15H20N2O3. The molecule has 0 aliphatic heterocycles. The molecule has 1 heterocycles. The standard InChI is InChI=1S/C15H20N2O3/c1-17(2)13(15-4-3-7-20-15)10-16-9-11-5-6-12(18)8-14(11)19/h3-8,13,16,18-19H,9-10H2,1-2H3. The van der Waals surface area contributed by atoms with Gasteiger partial charge in [-0.1, -0.05) is 6.07 Å². The number of rotatable bonds is 6. The molecule has 0 saturated heterocycles. The van der Waals surface area contributed by atoms with E-state index in [1.54, 1.807) is 18.4 Å². The van der Waals surface area contributed by atoms with Crippen LogP contribution in [0.25, 0.3) is 0 Å². The number of nitrogens with one attached hydrogen (secondary N) is 1. The molecule has 2 rings (SSSR count). The van der Waals surface area contributed by atoms with Crippen LogP contribution in [-0.4, -0.2) is 35.8 Å². The van der Waals surface area contributed by atoms with Gasteiger partial charge in [0.25, 0.3) is 0 Å². The lowest BCUT2D eigenvalue weighted by atomic mass is 10.1. The molecule has 1 aromatic heterocycles. The van der Waals surface area contributed by atoms with Crippen molar-refractivity contribution in [2.75, 3.05) is 20.6 Å². The van der Waals surface area contributed by atoms with Crippen molar-refractivity contribution in [2.24, 2.45) is 0 Å². The molecule has 0 saturated carbocycles. The minimum atomic E-state index is 0.0630. The van der Waals surface area contributed by atoms with Crippen molar-refractivity contribution in [1.29, 1.82) is 0 Å². The molecule has 0 radical (unpaired) electrons. The maximum Gasteiger partial charge on any atom is 0.123 e. The molecule has 0 aliphatic rings. The highest BCUT2D eigenvalue weighted by molar-refractivity contribution is 5.38. The number of hydrogen-bond acceptors (Lipinski definition) is 5. The first-order valence-corrected chi connectivity index (χ1v) is 6.49. The molecule has 0 aliphatic carbocycles. The number of hydrogen-bond donors (Lipinski definition) is 3. The summed E-state index contributed by atoms with van der Waals surface area (Å²) in [5.41, 5.74) is 0.750. The number of furan rings is 1. The molecule has 2 aromatic rings. The Bertz CT molecular complexity index is 538. The summed E-state index contributed by atoms with van der Waals surface area (Å²) in [7, 11) is 3.99. The summed E-state index contributed by atoms with van der Waals surface area (Å²) in [6, 6.07) is 8.56. The zero-order valence-corrected chi connectivity index (χ0v) is 11.7. The number of likely N-dealkylation sites (N-methyl/N-ethyl adjacent to an activating group) is 1. The fraction of sp³-hybridized carbons (Fsp3) is 0.333. The van der Waals surface area contributed by atoms with Crippen LogP contribution < -0.4 is 5.32 Å². The van der Waals surface area contributed by atoms with Crippen molar-refractivity contribution in [3.63, 3.8) is 0 Å². The Hall–Kier alpha value is -1.98. The van der Waals surface area contributed by atoms with Crippen LogP contribution in [0.2, 0.25) is 0 Å². The van der Waals surface area contributed by atoms with Crippen LogP contribution in [0.15, 0.2) is 41.0 Å². The average Bonchev–Trinajstić information content (AvgIpc) is 2.90. The molecule has 5 heteroatoms. The van der Waals surface area contributed by atoms with E-state index in [9.17, 15) is 10.2 Å². The van der Waals surface area contributed by atoms with Gasteiger partial charge in [0.2, 0.25) is 0 Å². The van der Waals surface area contributed by atoms with Gasteiger partial charge in [0, 0.05) is 24.7 Å². The number of phenolic OH excluding ortho intramolecular Hbond substituents is 2. The highest BCUT2D eigenvalue weighted by atomic mass is 16.3. The summed E-state index contributed by atoms with van der Waals surface area (Å²) in [5, 5.41) is 22.3. The number of phenols is 2. The molecule has 0 fully saturated rings. The Labute approximate surface area is 118 Å². The maximum absolute atomic E-state index is 9.72. The highest BCUT2D eigenvalue weighted by Crippen LogP contribution is 2.23. The van der Waals surface area contributed by atoms with Gasteiger partial charge in [0.05, 0.1) is 12.3 Å². The van der Waals surface area contributed by atoms with Gasteiger partial charge >= 0.3 is 0 Å². The third-order valence-electron chi connectivity index (χ3n) is 3.22. The van der Waals surface area contributed by atoms with E-state index in [2.05, 4.69) is 10.2 Å². The largest absolute Gasteiger partial charge is 0.508 e. The van der Waals surface area contributed by atoms with Gasteiger partial charge in [0.15, 0.2) is 0 Å². The summed E-state index contributed by atoms with van der Waals surface area (Å²) in [6.45, 7) is 1.22. The fourth-order valence-corrected chi connectivity index (χ4v) is 2.06. The average molecular weight is 276 g/mol. The summed E-state index contributed by atoms with van der Waals surface area (Å²) in [5.74, 6) is 1.06. The lowest BCUT2D eigenvalue weighted by Gasteiger charge is -2.22. The third kappa shape index (κ3) is 3.53. The van der Waals surface area contributed by atoms with Crippen LogP contribution in [0.3, 0.4) is 0 Å². The van der Waals surface area contributed by atoms with Crippen molar-refractivity contribution in [3.8, 4) is 11.5 Å². The molecule has 0 spiro atoms. The van der Waals surface area contributed by atoms with E-state index in [1.165, 1.54) is 6.07 Å². The monoisotopic (exact) mass is 276 g/mol. The fourth-order valence-electron chi connectivity index (χ4n) is 2.06. The Kier molecular flexibility index (Phi) is 4.65. The van der Waals surface area contributed by atoms with E-state index in [-0.39, 0.29) is 17.5 Å². The Morgan fingerprint density at radius 2 is 2.05 bits per heavy atom. The van der Waals surface area contributed by atoms with E-state index in [1.807, 2.05) is 26.2 Å². The second-order valence-electron chi connectivity index (χ2n) is 4.94. The molecule has 1 aromatic carbocycles. The van der Waals surface area contributed by atoms with Gasteiger partial charge in [0.1, 0.15) is 17.3 Å². The van der Waals surface area contributed by atoms with E-state index < -0.39 is 0 Å². The quantitative estimate of drug-likeness (QED) is 0.753. The molecule has 0 amide bonds. The van der Waals surface area contributed by atoms with Crippen molar-refractivity contribution in [3.05, 3.63) is 47.9 Å². The van der Waals surface area contributed by atoms with Gasteiger partial charge in [-0.2, -0.15) is 0 Å². The summed E-state index contributed by atoms with van der Waals surface area (Å²) in [6.07, 6.45) is 1.66. The SMILES string of the molecule is CN(C)C(CNCc1ccc(O)cc1O)c1ccco1. The van der Waals surface area contributed by atoms with E-state index in [4.69, 9.17) is 4.42 Å². The lowest BCUT2D eigenvalue weighted by molar-refractivity contribution is 0.250. The molecule has 3 N–H and O–H groups in total. The summed E-state index contributed by atoms with van der Waals surface area (Å²) in [4.78, 5) is 2.07. The van der Waals surface area contributed by atoms with E-state index in [0.29, 0.717) is 13.1 Å². The number of benzene rings is 1. The van der Waals surface area contributed by atoms with Crippen LogP contribution in [0.4, 0.5) is 0 Å². The topological polar surface area (TPSA) is 68.9 Å². The van der Waals surface area contributed by atoms with Gasteiger partial charge in [-0.05, 0) is 32.3 Å². The lowest BCUT2D eigenvalue weighted by Crippen LogP contribution is -2.30.